The molecule has 0 saturated carbocycles. The third kappa shape index (κ3) is 3.69. The zero-order chi connectivity index (χ0) is 11.3. The number of benzene rings is 1. The Bertz CT molecular complexity index is 318. The lowest BCUT2D eigenvalue weighted by molar-refractivity contribution is 0.00933. The minimum Gasteiger partial charge on any atom is -0.459 e. The maximum absolute atomic E-state index is 11.4. The third-order valence-corrected chi connectivity index (χ3v) is 1.90. The van der Waals surface area contributed by atoms with Crippen LogP contribution < -0.4 is 0 Å². The second-order valence-corrected chi connectivity index (χ2v) is 3.30. The number of aliphatic hydroxyl groups excluding tert-OH is 2. The highest BCUT2D eigenvalue weighted by Crippen LogP contribution is 2.04. The van der Waals surface area contributed by atoms with E-state index in [2.05, 4.69) is 0 Å². The first-order chi connectivity index (χ1) is 7.13. The molecule has 2 N–H and O–H groups in total. The van der Waals surface area contributed by atoms with Crippen molar-refractivity contribution >= 4 is 5.97 Å². The fraction of sp³-hybridized carbons (Fsp3) is 0.364. The highest BCUT2D eigenvalue weighted by Gasteiger charge is 2.09. The summed E-state index contributed by atoms with van der Waals surface area (Å²) in [5.41, 5.74) is 1.49. The third-order valence-electron chi connectivity index (χ3n) is 1.90. The number of rotatable bonds is 4. The summed E-state index contributed by atoms with van der Waals surface area (Å²) < 4.78 is 4.77. The van der Waals surface area contributed by atoms with E-state index >= 15 is 0 Å². The van der Waals surface area contributed by atoms with Gasteiger partial charge in [0.2, 0.25) is 0 Å². The zero-order valence-electron chi connectivity index (χ0n) is 8.51. The largest absolute Gasteiger partial charge is 0.459 e. The minimum atomic E-state index is -1.01. The molecule has 4 nitrogen and oxygen atoms in total. The maximum atomic E-state index is 11.4. The normalized spacial score (nSPS) is 12.2. The van der Waals surface area contributed by atoms with Crippen molar-refractivity contribution in [3.8, 4) is 0 Å². The highest BCUT2D eigenvalue weighted by atomic mass is 16.5. The Labute approximate surface area is 88.1 Å². The number of esters is 1. The van der Waals surface area contributed by atoms with E-state index < -0.39 is 18.7 Å². The van der Waals surface area contributed by atoms with Gasteiger partial charge in [-0.25, -0.2) is 4.79 Å². The molecule has 0 saturated heterocycles. The van der Waals surface area contributed by atoms with Crippen molar-refractivity contribution in [2.75, 3.05) is 13.2 Å². The number of ether oxygens (including phenoxy) is 1. The molecule has 0 unspecified atom stereocenters. The average molecular weight is 210 g/mol. The van der Waals surface area contributed by atoms with Gasteiger partial charge in [0.05, 0.1) is 12.2 Å². The Morgan fingerprint density at radius 2 is 2.00 bits per heavy atom. The van der Waals surface area contributed by atoms with E-state index in [4.69, 9.17) is 14.9 Å². The standard InChI is InChI=1S/C11H14O4/c1-8-2-4-9(5-3-8)11(14)15-7-10(13)6-12/h2-5,10,12-13H,6-7H2,1H3/t10-/m1/s1. The Hall–Kier alpha value is -1.39. The van der Waals surface area contributed by atoms with Crippen LogP contribution in [0.1, 0.15) is 15.9 Å². The van der Waals surface area contributed by atoms with Crippen LogP contribution in [0.4, 0.5) is 0 Å². The van der Waals surface area contributed by atoms with Gasteiger partial charge in [-0.15, -0.1) is 0 Å². The summed E-state index contributed by atoms with van der Waals surface area (Å²) in [4.78, 5) is 11.4. The number of carbonyl (C=O) groups excluding carboxylic acids is 1. The molecule has 82 valence electrons. The molecule has 0 radical (unpaired) electrons. The van der Waals surface area contributed by atoms with Gasteiger partial charge in [0.1, 0.15) is 12.7 Å². The van der Waals surface area contributed by atoms with Gasteiger partial charge in [-0.2, -0.15) is 0 Å². The minimum absolute atomic E-state index is 0.191. The van der Waals surface area contributed by atoms with Crippen LogP contribution >= 0.6 is 0 Å². The van der Waals surface area contributed by atoms with Crippen molar-refractivity contribution in [3.63, 3.8) is 0 Å². The summed E-state index contributed by atoms with van der Waals surface area (Å²) in [6.45, 7) is 1.31. The van der Waals surface area contributed by atoms with Crippen LogP contribution in [0.5, 0.6) is 0 Å². The number of aryl methyl sites for hydroxylation is 1. The maximum Gasteiger partial charge on any atom is 0.338 e. The second kappa shape index (κ2) is 5.48. The van der Waals surface area contributed by atoms with E-state index in [-0.39, 0.29) is 6.61 Å². The fourth-order valence-electron chi connectivity index (χ4n) is 0.998. The van der Waals surface area contributed by atoms with Gasteiger partial charge in [0.25, 0.3) is 0 Å². The summed E-state index contributed by atoms with van der Waals surface area (Å²) in [5.74, 6) is -0.498. The molecule has 0 aromatic heterocycles. The summed E-state index contributed by atoms with van der Waals surface area (Å²) >= 11 is 0. The molecule has 4 heteroatoms. The smallest absolute Gasteiger partial charge is 0.338 e. The fourth-order valence-corrected chi connectivity index (χ4v) is 0.998. The molecule has 15 heavy (non-hydrogen) atoms. The first kappa shape index (κ1) is 11.7. The van der Waals surface area contributed by atoms with Gasteiger partial charge in [0, 0.05) is 0 Å². The number of hydrogen-bond acceptors (Lipinski definition) is 4. The van der Waals surface area contributed by atoms with Crippen LogP contribution in [-0.2, 0) is 4.74 Å². The van der Waals surface area contributed by atoms with Crippen molar-refractivity contribution in [1.82, 2.24) is 0 Å². The van der Waals surface area contributed by atoms with Crippen molar-refractivity contribution in [2.45, 2.75) is 13.0 Å². The van der Waals surface area contributed by atoms with Gasteiger partial charge in [-0.3, -0.25) is 0 Å². The van der Waals surface area contributed by atoms with E-state index in [0.29, 0.717) is 5.56 Å². The van der Waals surface area contributed by atoms with Crippen molar-refractivity contribution in [1.29, 1.82) is 0 Å². The van der Waals surface area contributed by atoms with Crippen LogP contribution in [0.3, 0.4) is 0 Å². The predicted octanol–water partition coefficient (Wildman–Crippen LogP) is 0.505. The second-order valence-electron chi connectivity index (χ2n) is 3.30. The Balaban J connectivity index is 2.50. The molecule has 0 heterocycles. The molecule has 0 aliphatic carbocycles. The molecule has 0 bridgehead atoms. The molecular formula is C11H14O4. The quantitative estimate of drug-likeness (QED) is 0.710. The Morgan fingerprint density at radius 1 is 1.40 bits per heavy atom. The molecule has 1 atom stereocenters. The van der Waals surface area contributed by atoms with Gasteiger partial charge in [-0.05, 0) is 19.1 Å². The van der Waals surface area contributed by atoms with Crippen molar-refractivity contribution in [2.24, 2.45) is 0 Å². The van der Waals surface area contributed by atoms with Gasteiger partial charge in [-0.1, -0.05) is 17.7 Å². The van der Waals surface area contributed by atoms with Crippen molar-refractivity contribution < 1.29 is 19.7 Å². The zero-order valence-corrected chi connectivity index (χ0v) is 8.51. The van der Waals surface area contributed by atoms with Crippen LogP contribution in [0.15, 0.2) is 24.3 Å². The molecular weight excluding hydrogens is 196 g/mol. The van der Waals surface area contributed by atoms with Gasteiger partial charge >= 0.3 is 5.97 Å². The van der Waals surface area contributed by atoms with E-state index in [1.165, 1.54) is 0 Å². The molecule has 1 aromatic carbocycles. The van der Waals surface area contributed by atoms with Gasteiger partial charge < -0.3 is 14.9 Å². The average Bonchev–Trinajstić information content (AvgIpc) is 2.26. The molecule has 0 fully saturated rings. The lowest BCUT2D eigenvalue weighted by Crippen LogP contribution is -2.21. The van der Waals surface area contributed by atoms with Crippen LogP contribution in [0.2, 0.25) is 0 Å². The van der Waals surface area contributed by atoms with Crippen LogP contribution in [-0.4, -0.2) is 35.5 Å². The summed E-state index contributed by atoms with van der Waals surface area (Å²) in [6, 6.07) is 6.92. The molecule has 1 aromatic rings. The van der Waals surface area contributed by atoms with E-state index in [1.54, 1.807) is 24.3 Å². The van der Waals surface area contributed by atoms with E-state index in [1.807, 2.05) is 6.92 Å². The summed E-state index contributed by atoms with van der Waals surface area (Å²) in [6.07, 6.45) is -1.01. The summed E-state index contributed by atoms with van der Waals surface area (Å²) in [7, 11) is 0. The van der Waals surface area contributed by atoms with Crippen molar-refractivity contribution in [3.05, 3.63) is 35.4 Å². The lowest BCUT2D eigenvalue weighted by Gasteiger charge is -2.08. The van der Waals surface area contributed by atoms with E-state index in [9.17, 15) is 4.79 Å². The molecule has 0 aliphatic rings. The number of hydrogen-bond donors (Lipinski definition) is 2. The van der Waals surface area contributed by atoms with E-state index in [0.717, 1.165) is 5.56 Å². The lowest BCUT2D eigenvalue weighted by atomic mass is 10.1. The number of carbonyl (C=O) groups is 1. The Kier molecular flexibility index (Phi) is 4.27. The summed E-state index contributed by atoms with van der Waals surface area (Å²) in [5, 5.41) is 17.5. The predicted molar refractivity (Wildman–Crippen MR) is 54.6 cm³/mol. The van der Waals surface area contributed by atoms with Crippen LogP contribution in [0, 0.1) is 6.92 Å². The van der Waals surface area contributed by atoms with Crippen LogP contribution in [0.25, 0.3) is 0 Å². The number of aliphatic hydroxyl groups is 2. The molecule has 1 rings (SSSR count). The topological polar surface area (TPSA) is 66.8 Å². The van der Waals surface area contributed by atoms with Gasteiger partial charge in [0.15, 0.2) is 0 Å². The first-order valence-corrected chi connectivity index (χ1v) is 4.66. The molecule has 0 spiro atoms. The molecule has 0 amide bonds. The first-order valence-electron chi connectivity index (χ1n) is 4.66. The molecule has 0 aliphatic heterocycles. The highest BCUT2D eigenvalue weighted by molar-refractivity contribution is 5.89. The monoisotopic (exact) mass is 210 g/mol. The SMILES string of the molecule is Cc1ccc(C(=O)OC[C@H](O)CO)cc1. The Morgan fingerprint density at radius 3 is 2.53 bits per heavy atom.